The van der Waals surface area contributed by atoms with Crippen molar-refractivity contribution in [1.82, 2.24) is 4.31 Å². The summed E-state index contributed by atoms with van der Waals surface area (Å²) in [6, 6.07) is 8.23. The molecule has 1 aromatic heterocycles. The number of thiophene rings is 1. The third-order valence-corrected chi connectivity index (χ3v) is 8.51. The lowest BCUT2D eigenvalue weighted by atomic mass is 9.98. The average molecular weight is 494 g/mol. The Balaban J connectivity index is 1.74. The lowest BCUT2D eigenvalue weighted by molar-refractivity contribution is -0.120. The first-order chi connectivity index (χ1) is 12.8. The number of halogens is 2. The Labute approximate surface area is 175 Å². The van der Waals surface area contributed by atoms with Gasteiger partial charge in [0.25, 0.3) is 10.0 Å². The second kappa shape index (κ2) is 8.48. The highest BCUT2D eigenvalue weighted by atomic mass is 79.9. The molecule has 3 rings (SSSR count). The van der Waals surface area contributed by atoms with Gasteiger partial charge in [-0.3, -0.25) is 4.79 Å². The molecule has 1 fully saturated rings. The summed E-state index contributed by atoms with van der Waals surface area (Å²) in [5.74, 6) is -0.195. The minimum atomic E-state index is -3.60. The van der Waals surface area contributed by atoms with Crippen LogP contribution in [0.25, 0.3) is 0 Å². The van der Waals surface area contributed by atoms with Crippen molar-refractivity contribution in [3.05, 3.63) is 39.1 Å². The summed E-state index contributed by atoms with van der Waals surface area (Å²) in [6.07, 6.45) is 1.24. The standard InChI is InChI=1S/C17H18BrClN2O4S2/c1-25-14-5-4-12(19)9-13(14)20-17(22)11-3-2-8-21(10-11)27(23,24)16-7-6-15(18)26-16/h4-7,9,11H,2-3,8,10H2,1H3,(H,20,22). The van der Waals surface area contributed by atoms with Gasteiger partial charge in [0, 0.05) is 18.1 Å². The highest BCUT2D eigenvalue weighted by Crippen LogP contribution is 2.32. The number of methoxy groups -OCH3 is 1. The van der Waals surface area contributed by atoms with Crippen LogP contribution >= 0.6 is 38.9 Å². The number of ether oxygens (including phenoxy) is 1. The van der Waals surface area contributed by atoms with Gasteiger partial charge in [-0.15, -0.1) is 11.3 Å². The van der Waals surface area contributed by atoms with E-state index >= 15 is 0 Å². The molecule has 1 aromatic carbocycles. The highest BCUT2D eigenvalue weighted by molar-refractivity contribution is 9.11. The van der Waals surface area contributed by atoms with Crippen LogP contribution in [-0.4, -0.2) is 38.8 Å². The lowest BCUT2D eigenvalue weighted by Crippen LogP contribution is -2.43. The zero-order valence-electron chi connectivity index (χ0n) is 14.4. The van der Waals surface area contributed by atoms with E-state index in [1.807, 2.05) is 0 Å². The van der Waals surface area contributed by atoms with E-state index in [1.54, 1.807) is 30.3 Å². The zero-order valence-corrected chi connectivity index (χ0v) is 18.4. The smallest absolute Gasteiger partial charge is 0.252 e. The molecule has 0 spiro atoms. The topological polar surface area (TPSA) is 75.7 Å². The summed E-state index contributed by atoms with van der Waals surface area (Å²) in [5, 5.41) is 3.29. The molecule has 10 heteroatoms. The van der Waals surface area contributed by atoms with E-state index in [4.69, 9.17) is 16.3 Å². The third-order valence-electron chi connectivity index (χ3n) is 4.32. The molecule has 2 heterocycles. The van der Waals surface area contributed by atoms with E-state index < -0.39 is 15.9 Å². The van der Waals surface area contributed by atoms with Crippen molar-refractivity contribution in [2.24, 2.45) is 5.92 Å². The van der Waals surface area contributed by atoms with Crippen molar-refractivity contribution in [1.29, 1.82) is 0 Å². The van der Waals surface area contributed by atoms with Crippen molar-refractivity contribution >= 4 is 60.5 Å². The number of hydrogen-bond acceptors (Lipinski definition) is 5. The summed E-state index contributed by atoms with van der Waals surface area (Å²) in [7, 11) is -2.10. The molecule has 6 nitrogen and oxygen atoms in total. The predicted molar refractivity (Wildman–Crippen MR) is 110 cm³/mol. The quantitative estimate of drug-likeness (QED) is 0.677. The number of anilines is 1. The molecule has 1 atom stereocenters. The Hall–Kier alpha value is -1.13. The molecule has 2 aromatic rings. The van der Waals surface area contributed by atoms with E-state index in [2.05, 4.69) is 21.2 Å². The number of carbonyl (C=O) groups excluding carboxylic acids is 1. The van der Waals surface area contributed by atoms with Crippen LogP contribution in [0, 0.1) is 5.92 Å². The molecule has 0 radical (unpaired) electrons. The fourth-order valence-electron chi connectivity index (χ4n) is 2.95. The number of hydrogen-bond donors (Lipinski definition) is 1. The van der Waals surface area contributed by atoms with Crippen LogP contribution in [-0.2, 0) is 14.8 Å². The Morgan fingerprint density at radius 3 is 2.81 bits per heavy atom. The van der Waals surface area contributed by atoms with Crippen molar-refractivity contribution in [3.63, 3.8) is 0 Å². The first-order valence-electron chi connectivity index (χ1n) is 8.21. The Morgan fingerprint density at radius 1 is 1.37 bits per heavy atom. The summed E-state index contributed by atoms with van der Waals surface area (Å²) in [5.41, 5.74) is 0.470. The Bertz CT molecular complexity index is 948. The number of sulfonamides is 1. The van der Waals surface area contributed by atoms with Crippen LogP contribution in [0.1, 0.15) is 12.8 Å². The first-order valence-corrected chi connectivity index (χ1v) is 11.6. The molecule has 146 valence electrons. The van der Waals surface area contributed by atoms with Crippen molar-refractivity contribution < 1.29 is 17.9 Å². The van der Waals surface area contributed by atoms with Crippen LogP contribution in [0.4, 0.5) is 5.69 Å². The normalized spacial score (nSPS) is 18.3. The lowest BCUT2D eigenvalue weighted by Gasteiger charge is -2.30. The fourth-order valence-corrected chi connectivity index (χ4v) is 6.81. The van der Waals surface area contributed by atoms with Gasteiger partial charge in [-0.25, -0.2) is 8.42 Å². The second-order valence-electron chi connectivity index (χ2n) is 6.09. The van der Waals surface area contributed by atoms with E-state index in [9.17, 15) is 13.2 Å². The third kappa shape index (κ3) is 4.65. The zero-order chi connectivity index (χ0) is 19.6. The van der Waals surface area contributed by atoms with Gasteiger partial charge in [0.15, 0.2) is 0 Å². The van der Waals surface area contributed by atoms with E-state index in [0.717, 1.165) is 15.1 Å². The van der Waals surface area contributed by atoms with Gasteiger partial charge in [0.05, 0.1) is 22.5 Å². The van der Waals surface area contributed by atoms with Crippen LogP contribution in [0.3, 0.4) is 0 Å². The van der Waals surface area contributed by atoms with Crippen LogP contribution in [0.15, 0.2) is 38.3 Å². The van der Waals surface area contributed by atoms with Gasteiger partial charge in [-0.1, -0.05) is 11.6 Å². The van der Waals surface area contributed by atoms with Gasteiger partial charge >= 0.3 is 0 Å². The van der Waals surface area contributed by atoms with Gasteiger partial charge < -0.3 is 10.1 Å². The van der Waals surface area contributed by atoms with Crippen molar-refractivity contribution in [2.45, 2.75) is 17.1 Å². The molecule has 0 bridgehead atoms. The summed E-state index contributed by atoms with van der Waals surface area (Å²) >= 11 is 10.5. The van der Waals surface area contributed by atoms with Crippen molar-refractivity contribution in [3.8, 4) is 5.75 Å². The number of carbonyl (C=O) groups is 1. The number of rotatable bonds is 5. The molecular formula is C17H18BrClN2O4S2. The minimum absolute atomic E-state index is 0.145. The Kier molecular flexibility index (Phi) is 6.47. The number of nitrogens with one attached hydrogen (secondary N) is 1. The molecule has 1 amide bonds. The molecule has 0 saturated carbocycles. The molecule has 0 aliphatic carbocycles. The van der Waals surface area contributed by atoms with E-state index in [0.29, 0.717) is 35.8 Å². The maximum atomic E-state index is 12.8. The summed E-state index contributed by atoms with van der Waals surface area (Å²) in [6.45, 7) is 0.550. The second-order valence-corrected chi connectivity index (χ2v) is 11.2. The SMILES string of the molecule is COc1ccc(Cl)cc1NC(=O)C1CCCN(S(=O)(=O)c2ccc(Br)s2)C1. The van der Waals surface area contributed by atoms with Crippen LogP contribution in [0.2, 0.25) is 5.02 Å². The summed E-state index contributed by atoms with van der Waals surface area (Å²) in [4.78, 5) is 12.7. The first kappa shape index (κ1) is 20.6. The largest absolute Gasteiger partial charge is 0.495 e. The van der Waals surface area contributed by atoms with E-state index in [1.165, 1.54) is 11.4 Å². The summed E-state index contributed by atoms with van der Waals surface area (Å²) < 4.78 is 33.3. The maximum Gasteiger partial charge on any atom is 0.252 e. The number of nitrogens with zero attached hydrogens (tertiary/aromatic N) is 1. The fraction of sp³-hybridized carbons (Fsp3) is 0.353. The highest BCUT2D eigenvalue weighted by Gasteiger charge is 2.34. The molecular weight excluding hydrogens is 476 g/mol. The van der Waals surface area contributed by atoms with Crippen LogP contribution < -0.4 is 10.1 Å². The molecule has 1 unspecified atom stereocenters. The molecule has 1 saturated heterocycles. The van der Waals surface area contributed by atoms with Crippen LogP contribution in [0.5, 0.6) is 5.75 Å². The number of amides is 1. The number of piperidine rings is 1. The molecule has 1 aliphatic heterocycles. The van der Waals surface area contributed by atoms with Crippen molar-refractivity contribution in [2.75, 3.05) is 25.5 Å². The van der Waals surface area contributed by atoms with E-state index in [-0.39, 0.29) is 16.7 Å². The molecule has 1 N–H and O–H groups in total. The Morgan fingerprint density at radius 2 is 2.15 bits per heavy atom. The average Bonchev–Trinajstić information content (AvgIpc) is 3.09. The monoisotopic (exact) mass is 492 g/mol. The maximum absolute atomic E-state index is 12.8. The van der Waals surface area contributed by atoms with Gasteiger partial charge in [0.1, 0.15) is 9.96 Å². The van der Waals surface area contributed by atoms with Gasteiger partial charge in [-0.05, 0) is 59.1 Å². The molecule has 1 aliphatic rings. The predicted octanol–water partition coefficient (Wildman–Crippen LogP) is 4.21. The van der Waals surface area contributed by atoms with Gasteiger partial charge in [0.2, 0.25) is 5.91 Å². The number of benzene rings is 1. The minimum Gasteiger partial charge on any atom is -0.495 e. The molecule has 27 heavy (non-hydrogen) atoms. The van der Waals surface area contributed by atoms with Gasteiger partial charge in [-0.2, -0.15) is 4.31 Å².